The molecule has 8 heteroatoms. The summed E-state index contributed by atoms with van der Waals surface area (Å²) in [6.45, 7) is 2.23. The molecule has 0 radical (unpaired) electrons. The van der Waals surface area contributed by atoms with Crippen molar-refractivity contribution in [2.24, 2.45) is 0 Å². The van der Waals surface area contributed by atoms with E-state index in [-0.39, 0.29) is 11.9 Å². The summed E-state index contributed by atoms with van der Waals surface area (Å²) in [6, 6.07) is 9.20. The van der Waals surface area contributed by atoms with Gasteiger partial charge < -0.3 is 14.8 Å². The van der Waals surface area contributed by atoms with Crippen LogP contribution < -0.4 is 10.1 Å². The Labute approximate surface area is 151 Å². The van der Waals surface area contributed by atoms with Crippen molar-refractivity contribution in [3.63, 3.8) is 0 Å². The smallest absolute Gasteiger partial charge is 0.222 e. The van der Waals surface area contributed by atoms with Crippen molar-refractivity contribution in [2.45, 2.75) is 19.4 Å². The maximum atomic E-state index is 11.8. The molecule has 1 aromatic carbocycles. The van der Waals surface area contributed by atoms with Gasteiger partial charge in [0.05, 0.1) is 25.5 Å². The number of amides is 1. The molecule has 26 heavy (non-hydrogen) atoms. The molecule has 3 aromatic rings. The summed E-state index contributed by atoms with van der Waals surface area (Å²) in [5.41, 5.74) is 2.41. The number of carbonyl (C=O) groups is 1. The van der Waals surface area contributed by atoms with Gasteiger partial charge in [-0.2, -0.15) is 0 Å². The van der Waals surface area contributed by atoms with Gasteiger partial charge in [0.1, 0.15) is 12.1 Å². The van der Waals surface area contributed by atoms with Crippen molar-refractivity contribution in [2.75, 3.05) is 20.8 Å². The molecule has 0 fully saturated rings. The molecular formula is C18H21N5O3. The summed E-state index contributed by atoms with van der Waals surface area (Å²) in [5, 5.41) is 7.24. The van der Waals surface area contributed by atoms with Gasteiger partial charge in [-0.05, 0) is 31.2 Å². The van der Waals surface area contributed by atoms with E-state index in [9.17, 15) is 4.79 Å². The molecule has 0 saturated heterocycles. The van der Waals surface area contributed by atoms with Crippen LogP contribution in [0.15, 0.2) is 36.7 Å². The Bertz CT molecular complexity index is 891. The third-order valence-corrected chi connectivity index (χ3v) is 3.93. The number of rotatable bonds is 7. The molecule has 0 saturated carbocycles. The number of methoxy groups -OCH3 is 2. The lowest BCUT2D eigenvalue weighted by Gasteiger charge is -2.09. The number of ether oxygens (including phenoxy) is 2. The molecule has 2 aromatic heterocycles. The van der Waals surface area contributed by atoms with Gasteiger partial charge in [0.15, 0.2) is 11.5 Å². The minimum absolute atomic E-state index is 0.102. The van der Waals surface area contributed by atoms with Crippen molar-refractivity contribution in [3.8, 4) is 17.0 Å². The number of aromatic nitrogens is 4. The number of carbonyl (C=O) groups excluding carboxylic acids is 1. The first-order chi connectivity index (χ1) is 12.6. The van der Waals surface area contributed by atoms with Gasteiger partial charge in [-0.25, -0.2) is 14.5 Å². The third kappa shape index (κ3) is 3.97. The Kier molecular flexibility index (Phi) is 5.43. The third-order valence-electron chi connectivity index (χ3n) is 3.93. The summed E-state index contributed by atoms with van der Waals surface area (Å²) in [5.74, 6) is 1.22. The highest BCUT2D eigenvalue weighted by Gasteiger charge is 2.15. The first kappa shape index (κ1) is 17.8. The first-order valence-corrected chi connectivity index (χ1v) is 8.25. The van der Waals surface area contributed by atoms with E-state index in [0.29, 0.717) is 24.5 Å². The molecule has 1 N–H and O–H groups in total. The van der Waals surface area contributed by atoms with Crippen LogP contribution in [0.4, 0.5) is 0 Å². The maximum absolute atomic E-state index is 11.8. The number of nitrogens with zero attached hydrogens (tertiary/aromatic N) is 4. The minimum atomic E-state index is -0.302. The number of nitrogens with one attached hydrogen (secondary N) is 1. The fourth-order valence-corrected chi connectivity index (χ4v) is 2.49. The van der Waals surface area contributed by atoms with Crippen molar-refractivity contribution in [3.05, 3.63) is 42.5 Å². The van der Waals surface area contributed by atoms with Crippen LogP contribution in [0.2, 0.25) is 0 Å². The predicted molar refractivity (Wildman–Crippen MR) is 95.8 cm³/mol. The lowest BCUT2D eigenvalue weighted by Crippen LogP contribution is -2.28. The van der Waals surface area contributed by atoms with Crippen LogP contribution in [-0.4, -0.2) is 46.3 Å². The highest BCUT2D eigenvalue weighted by molar-refractivity contribution is 5.76. The van der Waals surface area contributed by atoms with E-state index in [1.54, 1.807) is 25.1 Å². The zero-order chi connectivity index (χ0) is 18.5. The van der Waals surface area contributed by atoms with Gasteiger partial charge in [0, 0.05) is 25.2 Å². The zero-order valence-corrected chi connectivity index (χ0v) is 15.0. The standard InChI is InChI=1S/C18H21N5O3/c1-12(20-17(24)8-9-25-2)18-21-16-10-15(19-11-23(16)22-18)13-4-6-14(26-3)7-5-13/h4-7,10-12H,8-9H2,1-3H3,(H,20,24)/t12-/m0/s1. The summed E-state index contributed by atoms with van der Waals surface area (Å²) < 4.78 is 11.7. The van der Waals surface area contributed by atoms with E-state index in [4.69, 9.17) is 9.47 Å². The number of benzene rings is 1. The normalized spacial score (nSPS) is 12.1. The van der Waals surface area contributed by atoms with Crippen LogP contribution in [0.3, 0.4) is 0 Å². The topological polar surface area (TPSA) is 90.6 Å². The van der Waals surface area contributed by atoms with Crippen molar-refractivity contribution >= 4 is 11.6 Å². The fourth-order valence-electron chi connectivity index (χ4n) is 2.49. The highest BCUT2D eigenvalue weighted by atomic mass is 16.5. The van der Waals surface area contributed by atoms with Crippen LogP contribution in [0, 0.1) is 0 Å². The van der Waals surface area contributed by atoms with E-state index in [2.05, 4.69) is 20.4 Å². The van der Waals surface area contributed by atoms with Gasteiger partial charge in [-0.3, -0.25) is 4.79 Å². The molecule has 8 nitrogen and oxygen atoms in total. The maximum Gasteiger partial charge on any atom is 0.222 e. The average Bonchev–Trinajstić information content (AvgIpc) is 3.10. The average molecular weight is 355 g/mol. The van der Waals surface area contributed by atoms with Crippen molar-refractivity contribution in [1.29, 1.82) is 0 Å². The Hall–Kier alpha value is -3.00. The lowest BCUT2D eigenvalue weighted by molar-refractivity contribution is -0.122. The summed E-state index contributed by atoms with van der Waals surface area (Å²) in [6.07, 6.45) is 1.92. The molecule has 1 amide bonds. The molecule has 0 unspecified atom stereocenters. The van der Waals surface area contributed by atoms with Gasteiger partial charge in [-0.15, -0.1) is 5.10 Å². The summed E-state index contributed by atoms with van der Waals surface area (Å²) >= 11 is 0. The predicted octanol–water partition coefficient (Wildman–Crippen LogP) is 2.01. The van der Waals surface area contributed by atoms with Crippen molar-refractivity contribution in [1.82, 2.24) is 24.9 Å². The summed E-state index contributed by atoms with van der Waals surface area (Å²) in [7, 11) is 3.19. The molecular weight excluding hydrogens is 334 g/mol. The molecule has 2 heterocycles. The van der Waals surface area contributed by atoms with E-state index in [0.717, 1.165) is 17.0 Å². The van der Waals surface area contributed by atoms with E-state index >= 15 is 0 Å². The van der Waals surface area contributed by atoms with E-state index in [1.165, 1.54) is 0 Å². The molecule has 3 rings (SSSR count). The van der Waals surface area contributed by atoms with Crippen LogP contribution in [0.5, 0.6) is 5.75 Å². The van der Waals surface area contributed by atoms with Gasteiger partial charge in [0.25, 0.3) is 0 Å². The first-order valence-electron chi connectivity index (χ1n) is 8.25. The van der Waals surface area contributed by atoms with Crippen LogP contribution >= 0.6 is 0 Å². The van der Waals surface area contributed by atoms with Crippen LogP contribution in [0.25, 0.3) is 16.9 Å². The van der Waals surface area contributed by atoms with Crippen LogP contribution in [-0.2, 0) is 9.53 Å². The second-order valence-electron chi connectivity index (χ2n) is 5.81. The zero-order valence-electron chi connectivity index (χ0n) is 15.0. The Morgan fingerprint density at radius 1 is 1.27 bits per heavy atom. The van der Waals surface area contributed by atoms with Gasteiger partial charge in [-0.1, -0.05) is 0 Å². The number of fused-ring (bicyclic) bond motifs is 1. The Balaban J connectivity index is 1.79. The fraction of sp³-hybridized carbons (Fsp3) is 0.333. The Morgan fingerprint density at radius 3 is 2.73 bits per heavy atom. The molecule has 1 atom stereocenters. The highest BCUT2D eigenvalue weighted by Crippen LogP contribution is 2.21. The molecule has 0 aliphatic rings. The van der Waals surface area contributed by atoms with Gasteiger partial charge >= 0.3 is 0 Å². The molecule has 0 aliphatic carbocycles. The number of hydrogen-bond acceptors (Lipinski definition) is 6. The number of hydrogen-bond donors (Lipinski definition) is 1. The SMILES string of the molecule is COCCC(=O)N[C@@H](C)c1nc2cc(-c3ccc(OC)cc3)ncn2n1. The molecule has 0 bridgehead atoms. The monoisotopic (exact) mass is 355 g/mol. The van der Waals surface area contributed by atoms with Crippen molar-refractivity contribution < 1.29 is 14.3 Å². The molecule has 0 aliphatic heterocycles. The Morgan fingerprint density at radius 2 is 2.04 bits per heavy atom. The van der Waals surface area contributed by atoms with Gasteiger partial charge in [0.2, 0.25) is 5.91 Å². The molecule has 0 spiro atoms. The second-order valence-corrected chi connectivity index (χ2v) is 5.81. The largest absolute Gasteiger partial charge is 0.497 e. The summed E-state index contributed by atoms with van der Waals surface area (Å²) in [4.78, 5) is 20.7. The molecule has 136 valence electrons. The van der Waals surface area contributed by atoms with E-state index in [1.807, 2.05) is 37.3 Å². The van der Waals surface area contributed by atoms with Crippen LogP contribution in [0.1, 0.15) is 25.2 Å². The second kappa shape index (κ2) is 7.92. The minimum Gasteiger partial charge on any atom is -0.497 e. The quantitative estimate of drug-likeness (QED) is 0.697. The lowest BCUT2D eigenvalue weighted by atomic mass is 10.1. The van der Waals surface area contributed by atoms with E-state index < -0.39 is 0 Å².